The lowest BCUT2D eigenvalue weighted by atomic mass is 10.3. The van der Waals surface area contributed by atoms with Crippen molar-refractivity contribution in [3.63, 3.8) is 0 Å². The van der Waals surface area contributed by atoms with Gasteiger partial charge in [-0.2, -0.15) is 0 Å². The molecule has 2 N–H and O–H groups in total. The van der Waals surface area contributed by atoms with Crippen LogP contribution in [0.4, 0.5) is 0 Å². The first-order valence-corrected chi connectivity index (χ1v) is 8.16. The van der Waals surface area contributed by atoms with E-state index in [0.29, 0.717) is 24.8 Å². The van der Waals surface area contributed by atoms with Crippen molar-refractivity contribution in [2.45, 2.75) is 53.4 Å². The molecule has 0 spiro atoms. The normalized spacial score (nSPS) is 8.63. The number of rotatable bonds is 9. The first-order valence-electron chi connectivity index (χ1n) is 8.16. The maximum absolute atomic E-state index is 10.8. The van der Waals surface area contributed by atoms with E-state index in [1.165, 1.54) is 13.8 Å². The largest absolute Gasteiger partial charge is 0.481 e. The number of aliphatic carboxylic acids is 1. The Labute approximate surface area is 159 Å². The van der Waals surface area contributed by atoms with Crippen LogP contribution in [0.25, 0.3) is 0 Å². The Bertz CT molecular complexity index is 495. The van der Waals surface area contributed by atoms with Gasteiger partial charge >= 0.3 is 23.9 Å². The minimum Gasteiger partial charge on any atom is -0.481 e. The molecule has 0 saturated heterocycles. The highest BCUT2D eigenvalue weighted by Crippen LogP contribution is 1.95. The fourth-order valence-electron chi connectivity index (χ4n) is 0.944. The van der Waals surface area contributed by atoms with Gasteiger partial charge in [-0.1, -0.05) is 27.0 Å². The number of hydrogen-bond donors (Lipinski definition) is 2. The van der Waals surface area contributed by atoms with E-state index in [9.17, 15) is 19.2 Å². The van der Waals surface area contributed by atoms with Crippen molar-refractivity contribution >= 4 is 23.9 Å². The number of ether oxygens (including phenoxy) is 3. The fourth-order valence-corrected chi connectivity index (χ4v) is 0.944. The first kappa shape index (κ1) is 29.1. The number of aliphatic hydroxyl groups is 1. The second-order valence-corrected chi connectivity index (χ2v) is 5.08. The average Bonchev–Trinajstić information content (AvgIpc) is 2.56. The molecule has 0 unspecified atom stereocenters. The minimum atomic E-state index is -0.711. The van der Waals surface area contributed by atoms with E-state index in [-0.39, 0.29) is 18.3 Å². The molecule has 0 fully saturated rings. The highest BCUT2D eigenvalue weighted by molar-refractivity contribution is 5.87. The van der Waals surface area contributed by atoms with Gasteiger partial charge in [-0.25, -0.2) is 9.59 Å². The van der Waals surface area contributed by atoms with Gasteiger partial charge < -0.3 is 24.4 Å². The summed E-state index contributed by atoms with van der Waals surface area (Å²) in [6, 6.07) is 0. The molecule has 0 rings (SSSR count). The van der Waals surface area contributed by atoms with Crippen LogP contribution in [0.15, 0.2) is 24.3 Å². The standard InChI is InChI=1S/C9H14O4.C5H8O3.C4H8O2/c1-4-5-8(10)12-6-13-9(11)7(2)3;1-4(2)5(7)8-3-6;1-2-3-4(5)6/h2,4-6H2,1,3H3;6H,1,3H2,2H3;2-3H2,1H3,(H,5,6). The van der Waals surface area contributed by atoms with Gasteiger partial charge in [0.2, 0.25) is 6.79 Å². The summed E-state index contributed by atoms with van der Waals surface area (Å²) in [5, 5.41) is 15.9. The molecule has 0 saturated carbocycles. The number of carboxylic acids is 1. The van der Waals surface area contributed by atoms with Crippen molar-refractivity contribution in [2.75, 3.05) is 13.6 Å². The summed E-state index contributed by atoms with van der Waals surface area (Å²) in [5.41, 5.74) is 0.575. The molecule has 0 aliphatic carbocycles. The molecule has 9 heteroatoms. The monoisotopic (exact) mass is 390 g/mol. The molecule has 27 heavy (non-hydrogen) atoms. The van der Waals surface area contributed by atoms with E-state index < -0.39 is 24.7 Å². The molecule has 0 aliphatic rings. The third-order valence-electron chi connectivity index (χ3n) is 2.22. The van der Waals surface area contributed by atoms with Crippen molar-refractivity contribution in [2.24, 2.45) is 0 Å². The maximum Gasteiger partial charge on any atom is 0.335 e. The van der Waals surface area contributed by atoms with Gasteiger partial charge in [0.15, 0.2) is 6.79 Å². The highest BCUT2D eigenvalue weighted by Gasteiger charge is 2.05. The van der Waals surface area contributed by atoms with Crippen molar-refractivity contribution in [1.82, 2.24) is 0 Å². The number of carbonyl (C=O) groups is 4. The lowest BCUT2D eigenvalue weighted by molar-refractivity contribution is -0.164. The Morgan fingerprint density at radius 3 is 1.52 bits per heavy atom. The SMILES string of the molecule is C=C(C)C(=O)OCO.C=C(C)C(=O)OCOC(=O)CCC.CCCC(=O)O. The maximum atomic E-state index is 10.8. The van der Waals surface area contributed by atoms with Crippen LogP contribution >= 0.6 is 0 Å². The molecular weight excluding hydrogens is 360 g/mol. The molecule has 9 nitrogen and oxygen atoms in total. The van der Waals surface area contributed by atoms with Crippen LogP contribution in [0, 0.1) is 0 Å². The van der Waals surface area contributed by atoms with E-state index in [2.05, 4.69) is 27.4 Å². The van der Waals surface area contributed by atoms with Crippen LogP contribution in [-0.2, 0) is 33.4 Å². The molecule has 0 amide bonds. The third-order valence-corrected chi connectivity index (χ3v) is 2.22. The average molecular weight is 390 g/mol. The van der Waals surface area contributed by atoms with Crippen LogP contribution < -0.4 is 0 Å². The molecule has 0 aromatic heterocycles. The van der Waals surface area contributed by atoms with Crippen molar-refractivity contribution in [3.05, 3.63) is 24.3 Å². The zero-order chi connectivity index (χ0) is 21.8. The predicted octanol–water partition coefficient (Wildman–Crippen LogP) is 2.33. The van der Waals surface area contributed by atoms with Crippen LogP contribution in [0.3, 0.4) is 0 Å². The zero-order valence-electron chi connectivity index (χ0n) is 16.4. The summed E-state index contributed by atoms with van der Waals surface area (Å²) >= 11 is 0. The lowest BCUT2D eigenvalue weighted by Crippen LogP contribution is -2.12. The van der Waals surface area contributed by atoms with E-state index in [1.807, 2.05) is 13.8 Å². The Kier molecular flexibility index (Phi) is 21.2. The Hall–Kier alpha value is -2.68. The van der Waals surface area contributed by atoms with E-state index in [4.69, 9.17) is 10.2 Å². The van der Waals surface area contributed by atoms with E-state index in [1.54, 1.807) is 0 Å². The highest BCUT2D eigenvalue weighted by atomic mass is 16.7. The first-order chi connectivity index (χ1) is 12.5. The van der Waals surface area contributed by atoms with Crippen LogP contribution in [0.1, 0.15) is 53.4 Å². The topological polar surface area (TPSA) is 136 Å². The number of carboxylic acid groups (broad SMARTS) is 1. The molecule has 0 aromatic carbocycles. The minimum absolute atomic E-state index is 0.284. The van der Waals surface area contributed by atoms with Crippen LogP contribution in [0.2, 0.25) is 0 Å². The second-order valence-electron chi connectivity index (χ2n) is 5.08. The van der Waals surface area contributed by atoms with Crippen molar-refractivity contribution in [1.29, 1.82) is 0 Å². The van der Waals surface area contributed by atoms with Gasteiger partial charge in [0, 0.05) is 24.0 Å². The number of carbonyl (C=O) groups excluding carboxylic acids is 3. The van der Waals surface area contributed by atoms with Gasteiger partial charge in [0.05, 0.1) is 0 Å². The fraction of sp³-hybridized carbons (Fsp3) is 0.556. The van der Waals surface area contributed by atoms with Gasteiger partial charge in [0.25, 0.3) is 0 Å². The van der Waals surface area contributed by atoms with E-state index in [0.717, 1.165) is 6.42 Å². The lowest BCUT2D eigenvalue weighted by Gasteiger charge is -2.04. The molecule has 0 aromatic rings. The summed E-state index contributed by atoms with van der Waals surface area (Å²) in [6.45, 7) is 12.5. The molecule has 0 heterocycles. The number of hydrogen-bond acceptors (Lipinski definition) is 8. The summed E-state index contributed by atoms with van der Waals surface area (Å²) < 4.78 is 13.2. The summed E-state index contributed by atoms with van der Waals surface area (Å²) in [6.07, 6.45) is 2.08. The second kappa shape index (κ2) is 19.6. The zero-order valence-corrected chi connectivity index (χ0v) is 16.4. The Morgan fingerprint density at radius 2 is 1.26 bits per heavy atom. The van der Waals surface area contributed by atoms with E-state index >= 15 is 0 Å². The quantitative estimate of drug-likeness (QED) is 0.345. The number of esters is 3. The van der Waals surface area contributed by atoms with Gasteiger partial charge in [0.1, 0.15) is 0 Å². The van der Waals surface area contributed by atoms with Crippen molar-refractivity contribution in [3.8, 4) is 0 Å². The van der Waals surface area contributed by atoms with Gasteiger partial charge in [-0.05, 0) is 26.7 Å². The van der Waals surface area contributed by atoms with Crippen molar-refractivity contribution < 1.29 is 43.6 Å². The van der Waals surface area contributed by atoms with Crippen LogP contribution in [-0.4, -0.2) is 47.7 Å². The molecule has 0 radical (unpaired) electrons. The number of aliphatic hydroxyl groups excluding tert-OH is 1. The predicted molar refractivity (Wildman–Crippen MR) is 97.3 cm³/mol. The molecule has 156 valence electrons. The van der Waals surface area contributed by atoms with Gasteiger partial charge in [-0.15, -0.1) is 0 Å². The van der Waals surface area contributed by atoms with Gasteiger partial charge in [-0.3, -0.25) is 9.59 Å². The molecule has 0 atom stereocenters. The summed E-state index contributed by atoms with van der Waals surface area (Å²) in [4.78, 5) is 41.4. The molecule has 0 bridgehead atoms. The van der Waals surface area contributed by atoms with Crippen LogP contribution in [0.5, 0.6) is 0 Å². The Balaban J connectivity index is -0.000000351. The Morgan fingerprint density at radius 1 is 0.815 bits per heavy atom. The molecular formula is C18H30O9. The summed E-state index contributed by atoms with van der Waals surface area (Å²) in [5.74, 6) is -2.19. The summed E-state index contributed by atoms with van der Waals surface area (Å²) in [7, 11) is 0. The third kappa shape index (κ3) is 25.7. The smallest absolute Gasteiger partial charge is 0.335 e. The molecule has 0 aliphatic heterocycles.